The van der Waals surface area contributed by atoms with Gasteiger partial charge in [0.15, 0.2) is 5.75 Å². The molecule has 1 saturated carbocycles. The van der Waals surface area contributed by atoms with E-state index in [2.05, 4.69) is 20.5 Å². The monoisotopic (exact) mass is 952 g/mol. The molecule has 65 heavy (non-hydrogen) atoms. The normalized spacial score (nSPS) is 14.3. The second kappa shape index (κ2) is 19.6. The summed E-state index contributed by atoms with van der Waals surface area (Å²) in [6, 6.07) is 30.9. The van der Waals surface area contributed by atoms with Gasteiger partial charge >= 0.3 is 69.2 Å². The molecule has 16 nitrogen and oxygen atoms in total. The van der Waals surface area contributed by atoms with Crippen LogP contribution in [0, 0.1) is 0 Å². The first-order valence-corrected chi connectivity index (χ1v) is 23.5. The molecule has 0 saturated heterocycles. The van der Waals surface area contributed by atoms with Gasteiger partial charge < -0.3 is 19.5 Å². The molecule has 7 aromatic carbocycles. The summed E-state index contributed by atoms with van der Waals surface area (Å²) in [5.74, 6) is -2.22. The predicted octanol–water partition coefficient (Wildman–Crippen LogP) is 3.20. The summed E-state index contributed by atoms with van der Waals surface area (Å²) in [6.45, 7) is 0. The summed E-state index contributed by atoms with van der Waals surface area (Å²) in [4.78, 5) is -1.58. The Labute approximate surface area is 418 Å². The fourth-order valence-corrected chi connectivity index (χ4v) is 10.1. The number of hydrogen-bond acceptors (Lipinski definition) is 14. The van der Waals surface area contributed by atoms with E-state index in [-0.39, 0.29) is 103 Å². The van der Waals surface area contributed by atoms with Gasteiger partial charge in [0.05, 0.1) is 17.1 Å². The molecule has 0 aromatic heterocycles. The second-order valence-electron chi connectivity index (χ2n) is 14.8. The van der Waals surface area contributed by atoms with Crippen LogP contribution in [0.4, 0.5) is 22.7 Å². The smallest absolute Gasteiger partial charge is 0.872 e. The van der Waals surface area contributed by atoms with Crippen molar-refractivity contribution in [2.24, 2.45) is 20.5 Å². The van der Waals surface area contributed by atoms with Gasteiger partial charge in [-0.25, -0.2) is 0 Å². The van der Waals surface area contributed by atoms with Crippen LogP contribution < -0.4 is 73.5 Å². The van der Waals surface area contributed by atoms with E-state index in [0.29, 0.717) is 0 Å². The van der Waals surface area contributed by atoms with E-state index >= 15 is 0 Å². The fourth-order valence-electron chi connectivity index (χ4n) is 7.83. The molecule has 1 aliphatic carbocycles. The van der Waals surface area contributed by atoms with E-state index in [4.69, 9.17) is 4.18 Å². The van der Waals surface area contributed by atoms with E-state index in [9.17, 15) is 49.7 Å². The summed E-state index contributed by atoms with van der Waals surface area (Å²) >= 11 is 0. The summed E-state index contributed by atoms with van der Waals surface area (Å²) in [6.07, 6.45) is 4.43. The number of phenolic OH excluding ortho intramolecular Hbond substituents is 1. The zero-order valence-corrected chi connectivity index (χ0v) is 41.1. The van der Waals surface area contributed by atoms with Crippen LogP contribution in [-0.4, -0.2) is 39.5 Å². The van der Waals surface area contributed by atoms with Crippen LogP contribution in [0.2, 0.25) is 0 Å². The Bertz CT molecular complexity index is 3330. The number of phenols is 1. The van der Waals surface area contributed by atoms with Crippen molar-refractivity contribution in [3.8, 4) is 23.0 Å². The summed E-state index contributed by atoms with van der Waals surface area (Å²) < 4.78 is 100. The first-order chi connectivity index (χ1) is 29.9. The van der Waals surface area contributed by atoms with Gasteiger partial charge in [-0.1, -0.05) is 91.7 Å². The quantitative estimate of drug-likeness (QED) is 0.0731. The third-order valence-electron chi connectivity index (χ3n) is 10.9. The summed E-state index contributed by atoms with van der Waals surface area (Å²) in [5, 5.41) is 52.9. The molecule has 0 spiro atoms. The number of aromatic hydroxyl groups is 1. The van der Waals surface area contributed by atoms with Crippen LogP contribution in [0.3, 0.4) is 0 Å². The van der Waals surface area contributed by atoms with Gasteiger partial charge in [-0.3, -0.25) is 9.11 Å². The van der Waals surface area contributed by atoms with Crippen molar-refractivity contribution >= 4 is 74.6 Å². The first-order valence-electron chi connectivity index (χ1n) is 19.2. The van der Waals surface area contributed by atoms with E-state index in [0.717, 1.165) is 61.4 Å². The van der Waals surface area contributed by atoms with Gasteiger partial charge in [0, 0.05) is 10.8 Å². The molecule has 1 aliphatic rings. The molecule has 0 aliphatic heterocycles. The molecule has 0 bridgehead atoms. The third kappa shape index (κ3) is 10.5. The van der Waals surface area contributed by atoms with Gasteiger partial charge in [0.25, 0.3) is 20.2 Å². The minimum absolute atomic E-state index is 0. The Balaban J connectivity index is 0.00000350. The van der Waals surface area contributed by atoms with Crippen LogP contribution in [0.1, 0.15) is 43.2 Å². The van der Waals surface area contributed by atoms with Crippen LogP contribution in [-0.2, 0) is 35.8 Å². The van der Waals surface area contributed by atoms with E-state index in [1.165, 1.54) is 54.6 Å². The second-order valence-corrected chi connectivity index (χ2v) is 19.2. The number of rotatable bonds is 11. The third-order valence-corrected chi connectivity index (χ3v) is 13.9. The van der Waals surface area contributed by atoms with Gasteiger partial charge in [-0.05, 0) is 101 Å². The first kappa shape index (κ1) is 49.7. The number of fused-ring (bicyclic) bond motifs is 2. The summed E-state index contributed by atoms with van der Waals surface area (Å²) in [5.41, 5.74) is 0.739. The van der Waals surface area contributed by atoms with Crippen molar-refractivity contribution in [1.82, 2.24) is 0 Å². The van der Waals surface area contributed by atoms with Crippen molar-refractivity contribution in [2.45, 2.75) is 52.2 Å². The average Bonchev–Trinajstić information content (AvgIpc) is 3.26. The molecule has 1 fully saturated rings. The molecule has 0 unspecified atom stereocenters. The topological polar surface area (TPSA) is 268 Å². The van der Waals surface area contributed by atoms with Gasteiger partial charge in [-0.2, -0.15) is 35.5 Å². The minimum atomic E-state index is -4.94. The molecule has 0 heterocycles. The van der Waals surface area contributed by atoms with Crippen LogP contribution in [0.25, 0.3) is 21.5 Å². The Kier molecular flexibility index (Phi) is 15.0. The Morgan fingerprint density at radius 2 is 1.06 bits per heavy atom. The summed E-state index contributed by atoms with van der Waals surface area (Å²) in [7, 11) is -14.1. The Morgan fingerprint density at radius 1 is 0.554 bits per heavy atom. The SMILES string of the molecule is O=S(=O)(O)c1cc2ccc([O-])cc2c([O-])c1N=Nc1ccc(C2(c3ccc(N=Nc4c(S(=O)(=O)O)cc5ccc(OS(=O)(=O)c6ccccc6)cc5c4O)cc3)CCCCC2)cc1.[Na+].[Na+]. The number of azo groups is 2. The van der Waals surface area contributed by atoms with E-state index < -0.39 is 74.2 Å². The minimum Gasteiger partial charge on any atom is -0.872 e. The standard InChI is InChI=1S/C44H36N4O12S3.2Na/c49-33-19-9-27-23-38(61(52,53)54)40(42(50)36(27)25-33)47-45-31-15-11-29(12-16-31)44(21-5-2-6-22-44)30-13-17-32(18-14-30)46-48-41-39(62(55,56)57)24-28-10-20-34(26-37(28)43(41)51)60-63(58,59)35-7-3-1-4-8-35;;/h1,3-4,7-20,23-26,49-51H,2,5-6,21-22H2,(H,52,53,54)(H,55,56,57);;/q;2*+1/p-2. The number of benzene rings is 7. The van der Waals surface area contributed by atoms with Crippen molar-refractivity contribution in [3.63, 3.8) is 0 Å². The molecule has 8 rings (SSSR count). The molecule has 0 radical (unpaired) electrons. The van der Waals surface area contributed by atoms with Crippen molar-refractivity contribution < 1.29 is 113 Å². The van der Waals surface area contributed by atoms with Crippen molar-refractivity contribution in [3.05, 3.63) is 139 Å². The Morgan fingerprint density at radius 3 is 1.62 bits per heavy atom. The number of nitrogens with zero attached hydrogens (tertiary/aromatic N) is 4. The van der Waals surface area contributed by atoms with Crippen LogP contribution in [0.5, 0.6) is 23.0 Å². The van der Waals surface area contributed by atoms with E-state index in [1.54, 1.807) is 30.3 Å². The maximum absolute atomic E-state index is 13.2. The van der Waals surface area contributed by atoms with Gasteiger partial charge in [0.1, 0.15) is 26.1 Å². The molecule has 0 atom stereocenters. The molecular weight excluding hydrogens is 919 g/mol. The largest absolute Gasteiger partial charge is 1.00 e. The fraction of sp³-hybridized carbons (Fsp3) is 0.136. The molecule has 322 valence electrons. The van der Waals surface area contributed by atoms with Crippen LogP contribution in [0.15, 0.2) is 163 Å². The molecule has 3 N–H and O–H groups in total. The Hall–Kier alpha value is -4.77. The van der Waals surface area contributed by atoms with Crippen molar-refractivity contribution in [1.29, 1.82) is 0 Å². The van der Waals surface area contributed by atoms with Gasteiger partial charge in [-0.15, -0.1) is 16.0 Å². The van der Waals surface area contributed by atoms with Crippen LogP contribution >= 0.6 is 0 Å². The van der Waals surface area contributed by atoms with E-state index in [1.807, 2.05) is 24.3 Å². The zero-order chi connectivity index (χ0) is 44.7. The molecular formula is C44H34N4Na2O12S3. The van der Waals surface area contributed by atoms with Gasteiger partial charge in [0.2, 0.25) is 0 Å². The maximum atomic E-state index is 13.2. The molecule has 0 amide bonds. The van der Waals surface area contributed by atoms with Crippen molar-refractivity contribution in [2.75, 3.05) is 0 Å². The maximum Gasteiger partial charge on any atom is 1.00 e. The average molecular weight is 953 g/mol. The number of hydrogen-bond donors (Lipinski definition) is 3. The zero-order valence-electron chi connectivity index (χ0n) is 34.7. The molecule has 7 aromatic rings. The predicted molar refractivity (Wildman–Crippen MR) is 227 cm³/mol. The molecule has 21 heteroatoms.